The van der Waals surface area contributed by atoms with Crippen molar-refractivity contribution in [2.75, 3.05) is 5.32 Å². The molecule has 1 aromatic carbocycles. The van der Waals surface area contributed by atoms with Gasteiger partial charge in [-0.05, 0) is 38.0 Å². The second-order valence-electron chi connectivity index (χ2n) is 5.96. The molecule has 0 spiro atoms. The summed E-state index contributed by atoms with van der Waals surface area (Å²) in [7, 11) is 0. The highest BCUT2D eigenvalue weighted by molar-refractivity contribution is 5.92. The van der Waals surface area contributed by atoms with Crippen LogP contribution < -0.4 is 10.6 Å². The Bertz CT molecular complexity index is 719. The van der Waals surface area contributed by atoms with Crippen LogP contribution in [-0.2, 0) is 9.59 Å². The van der Waals surface area contributed by atoms with Gasteiger partial charge in [-0.1, -0.05) is 30.3 Å². The molecule has 24 heavy (non-hydrogen) atoms. The van der Waals surface area contributed by atoms with Crippen molar-refractivity contribution in [3.8, 4) is 0 Å². The van der Waals surface area contributed by atoms with Crippen LogP contribution in [0.15, 0.2) is 36.4 Å². The third-order valence-electron chi connectivity index (χ3n) is 3.76. The second kappa shape index (κ2) is 7.73. The van der Waals surface area contributed by atoms with Crippen LogP contribution in [-0.4, -0.2) is 16.8 Å². The van der Waals surface area contributed by atoms with E-state index in [2.05, 4.69) is 15.6 Å². The predicted molar refractivity (Wildman–Crippen MR) is 94.7 cm³/mol. The van der Waals surface area contributed by atoms with Gasteiger partial charge in [-0.3, -0.25) is 14.6 Å². The van der Waals surface area contributed by atoms with Crippen molar-refractivity contribution in [1.29, 1.82) is 0 Å². The van der Waals surface area contributed by atoms with Gasteiger partial charge in [0.25, 0.3) is 0 Å². The van der Waals surface area contributed by atoms with Gasteiger partial charge in [-0.15, -0.1) is 0 Å². The molecule has 0 aliphatic rings. The fraction of sp³-hybridized carbons (Fsp3) is 0.316. The van der Waals surface area contributed by atoms with E-state index in [1.54, 1.807) is 0 Å². The summed E-state index contributed by atoms with van der Waals surface area (Å²) >= 11 is 0. The molecule has 2 amide bonds. The zero-order chi connectivity index (χ0) is 17.7. The van der Waals surface area contributed by atoms with E-state index < -0.39 is 0 Å². The molecule has 1 unspecified atom stereocenters. The van der Waals surface area contributed by atoms with Gasteiger partial charge in [0.05, 0.1) is 23.8 Å². The summed E-state index contributed by atoms with van der Waals surface area (Å²) in [6.45, 7) is 7.19. The van der Waals surface area contributed by atoms with E-state index in [-0.39, 0.29) is 24.3 Å². The smallest absolute Gasteiger partial charge is 0.226 e. The Labute approximate surface area is 142 Å². The molecule has 0 aliphatic carbocycles. The molecule has 1 aromatic heterocycles. The first-order valence-corrected chi connectivity index (χ1v) is 7.93. The maximum atomic E-state index is 12.5. The zero-order valence-electron chi connectivity index (χ0n) is 14.5. The SMILES string of the molecule is CC(=O)NC(CC(=O)Nc1c(C)cc(C)nc1C)c1ccccc1. The minimum Gasteiger partial charge on any atom is -0.349 e. The van der Waals surface area contributed by atoms with Crippen LogP contribution in [0.3, 0.4) is 0 Å². The van der Waals surface area contributed by atoms with E-state index in [0.717, 1.165) is 28.2 Å². The van der Waals surface area contributed by atoms with Crippen molar-refractivity contribution in [1.82, 2.24) is 10.3 Å². The van der Waals surface area contributed by atoms with E-state index >= 15 is 0 Å². The maximum Gasteiger partial charge on any atom is 0.226 e. The van der Waals surface area contributed by atoms with Crippen molar-refractivity contribution in [3.05, 3.63) is 58.9 Å². The summed E-state index contributed by atoms with van der Waals surface area (Å²) in [6.07, 6.45) is 0.163. The molecule has 0 fully saturated rings. The average Bonchev–Trinajstić information content (AvgIpc) is 2.50. The lowest BCUT2D eigenvalue weighted by Crippen LogP contribution is -2.30. The molecule has 2 N–H and O–H groups in total. The number of carbonyl (C=O) groups excluding carboxylic acids is 2. The van der Waals surface area contributed by atoms with E-state index in [9.17, 15) is 9.59 Å². The zero-order valence-corrected chi connectivity index (χ0v) is 14.5. The number of benzene rings is 1. The quantitative estimate of drug-likeness (QED) is 0.886. The highest BCUT2D eigenvalue weighted by Crippen LogP contribution is 2.22. The largest absolute Gasteiger partial charge is 0.349 e. The van der Waals surface area contributed by atoms with E-state index in [4.69, 9.17) is 0 Å². The third kappa shape index (κ3) is 4.65. The van der Waals surface area contributed by atoms with Crippen LogP contribution in [0.5, 0.6) is 0 Å². The molecule has 5 heteroatoms. The summed E-state index contributed by atoms with van der Waals surface area (Å²) in [5.74, 6) is -0.324. The van der Waals surface area contributed by atoms with Gasteiger partial charge in [0.1, 0.15) is 0 Å². The molecule has 126 valence electrons. The second-order valence-corrected chi connectivity index (χ2v) is 5.96. The van der Waals surface area contributed by atoms with E-state index in [0.29, 0.717) is 0 Å². The molecule has 5 nitrogen and oxygen atoms in total. The van der Waals surface area contributed by atoms with Gasteiger partial charge < -0.3 is 10.6 Å². The summed E-state index contributed by atoms with van der Waals surface area (Å²) in [4.78, 5) is 28.3. The minimum absolute atomic E-state index is 0.158. The standard InChI is InChI=1S/C19H23N3O2/c1-12-10-13(2)20-14(3)19(12)22-18(24)11-17(21-15(4)23)16-8-6-5-7-9-16/h5-10,17H,11H2,1-4H3,(H,21,23)(H,22,24). The number of aromatic nitrogens is 1. The van der Waals surface area contributed by atoms with Crippen molar-refractivity contribution >= 4 is 17.5 Å². The predicted octanol–water partition coefficient (Wildman–Crippen LogP) is 3.21. The number of nitrogens with one attached hydrogen (secondary N) is 2. The summed E-state index contributed by atoms with van der Waals surface area (Å²) in [5.41, 5.74) is 4.32. The van der Waals surface area contributed by atoms with Gasteiger partial charge in [-0.2, -0.15) is 0 Å². The Morgan fingerprint density at radius 3 is 2.38 bits per heavy atom. The van der Waals surface area contributed by atoms with Crippen LogP contribution in [0.2, 0.25) is 0 Å². The third-order valence-corrected chi connectivity index (χ3v) is 3.76. The molecule has 2 rings (SSSR count). The van der Waals surface area contributed by atoms with Gasteiger partial charge >= 0.3 is 0 Å². The lowest BCUT2D eigenvalue weighted by atomic mass is 10.0. The van der Waals surface area contributed by atoms with Crippen molar-refractivity contribution in [3.63, 3.8) is 0 Å². The van der Waals surface area contributed by atoms with Crippen molar-refractivity contribution in [2.45, 2.75) is 40.2 Å². The number of aryl methyl sites for hydroxylation is 3. The Morgan fingerprint density at radius 1 is 1.12 bits per heavy atom. The number of nitrogens with zero attached hydrogens (tertiary/aromatic N) is 1. The number of amides is 2. The Balaban J connectivity index is 2.15. The van der Waals surface area contributed by atoms with Crippen LogP contribution in [0.4, 0.5) is 5.69 Å². The summed E-state index contributed by atoms with van der Waals surface area (Å²) < 4.78 is 0. The Kier molecular flexibility index (Phi) is 5.68. The van der Waals surface area contributed by atoms with Gasteiger partial charge in [0.15, 0.2) is 0 Å². The first kappa shape index (κ1) is 17.7. The van der Waals surface area contributed by atoms with Gasteiger partial charge in [-0.25, -0.2) is 0 Å². The van der Waals surface area contributed by atoms with Crippen LogP contribution in [0, 0.1) is 20.8 Å². The molecule has 1 atom stereocenters. The Morgan fingerprint density at radius 2 is 1.79 bits per heavy atom. The normalized spacial score (nSPS) is 11.7. The van der Waals surface area contributed by atoms with Crippen LogP contribution in [0.1, 0.15) is 41.9 Å². The van der Waals surface area contributed by atoms with E-state index in [1.165, 1.54) is 6.92 Å². The maximum absolute atomic E-state index is 12.5. The topological polar surface area (TPSA) is 71.1 Å². The monoisotopic (exact) mass is 325 g/mol. The molecule has 0 saturated heterocycles. The number of carbonyl (C=O) groups is 2. The first-order chi connectivity index (χ1) is 11.4. The average molecular weight is 325 g/mol. The van der Waals surface area contributed by atoms with Crippen LogP contribution >= 0.6 is 0 Å². The van der Waals surface area contributed by atoms with Crippen LogP contribution in [0.25, 0.3) is 0 Å². The van der Waals surface area contributed by atoms with Crippen molar-refractivity contribution < 1.29 is 9.59 Å². The molecular weight excluding hydrogens is 302 g/mol. The molecule has 0 radical (unpaired) electrons. The number of hydrogen-bond acceptors (Lipinski definition) is 3. The molecular formula is C19H23N3O2. The number of hydrogen-bond donors (Lipinski definition) is 2. The molecule has 0 saturated carbocycles. The summed E-state index contributed by atoms with van der Waals surface area (Å²) in [6, 6.07) is 11.1. The van der Waals surface area contributed by atoms with E-state index in [1.807, 2.05) is 57.2 Å². The Hall–Kier alpha value is -2.69. The highest BCUT2D eigenvalue weighted by Gasteiger charge is 2.18. The highest BCUT2D eigenvalue weighted by atomic mass is 16.2. The molecule has 0 bridgehead atoms. The fourth-order valence-electron chi connectivity index (χ4n) is 2.77. The lowest BCUT2D eigenvalue weighted by molar-refractivity contribution is -0.120. The number of pyridine rings is 1. The fourth-order valence-corrected chi connectivity index (χ4v) is 2.77. The molecule has 1 heterocycles. The lowest BCUT2D eigenvalue weighted by Gasteiger charge is -2.19. The number of anilines is 1. The summed E-state index contributed by atoms with van der Waals surface area (Å²) in [5, 5.41) is 5.76. The van der Waals surface area contributed by atoms with Crippen molar-refractivity contribution in [2.24, 2.45) is 0 Å². The van der Waals surface area contributed by atoms with Gasteiger partial charge in [0, 0.05) is 12.6 Å². The first-order valence-electron chi connectivity index (χ1n) is 7.93. The minimum atomic E-state index is -0.359. The molecule has 0 aliphatic heterocycles. The van der Waals surface area contributed by atoms with Gasteiger partial charge in [0.2, 0.25) is 11.8 Å². The molecule has 2 aromatic rings. The number of rotatable bonds is 5.